The van der Waals surface area contributed by atoms with Crippen molar-refractivity contribution in [2.24, 2.45) is 0 Å². The molecular formula is C18H27N3O2. The Morgan fingerprint density at radius 2 is 2.35 bits per heavy atom. The number of hydrogen-bond acceptors (Lipinski definition) is 4. The van der Waals surface area contributed by atoms with E-state index in [0.717, 1.165) is 42.8 Å². The summed E-state index contributed by atoms with van der Waals surface area (Å²) in [6.45, 7) is 7.78. The molecule has 23 heavy (non-hydrogen) atoms. The van der Waals surface area contributed by atoms with Crippen LogP contribution in [0.4, 0.5) is 0 Å². The Morgan fingerprint density at radius 3 is 3.17 bits per heavy atom. The van der Waals surface area contributed by atoms with Crippen LogP contribution in [0, 0.1) is 6.92 Å². The smallest absolute Gasteiger partial charge is 0.111 e. The summed E-state index contributed by atoms with van der Waals surface area (Å²) in [6.07, 6.45) is 1.88. The molecular weight excluding hydrogens is 290 g/mol. The number of fused-ring (bicyclic) bond motifs is 1. The maximum Gasteiger partial charge on any atom is 0.111 e. The first-order valence-electron chi connectivity index (χ1n) is 8.60. The maximum absolute atomic E-state index is 10.0. The fourth-order valence-electron chi connectivity index (χ4n) is 3.39. The van der Waals surface area contributed by atoms with E-state index in [1.165, 1.54) is 5.56 Å². The minimum absolute atomic E-state index is 0.410. The van der Waals surface area contributed by atoms with E-state index in [2.05, 4.69) is 35.0 Å². The molecule has 0 aliphatic carbocycles. The molecule has 2 heterocycles. The molecule has 0 bridgehead atoms. The molecule has 1 fully saturated rings. The average Bonchev–Trinajstić information content (AvgIpc) is 2.96. The van der Waals surface area contributed by atoms with Crippen molar-refractivity contribution in [3.05, 3.63) is 29.6 Å². The fourth-order valence-corrected chi connectivity index (χ4v) is 3.39. The van der Waals surface area contributed by atoms with Crippen molar-refractivity contribution in [1.29, 1.82) is 0 Å². The number of aromatic nitrogens is 2. The van der Waals surface area contributed by atoms with Crippen LogP contribution >= 0.6 is 0 Å². The Hall–Kier alpha value is -1.43. The van der Waals surface area contributed by atoms with Crippen molar-refractivity contribution in [3.63, 3.8) is 0 Å². The summed E-state index contributed by atoms with van der Waals surface area (Å²) < 4.78 is 5.30. The first kappa shape index (κ1) is 16.4. The zero-order valence-electron chi connectivity index (χ0n) is 14.1. The molecule has 3 rings (SSSR count). The molecule has 0 radical (unpaired) electrons. The fraction of sp³-hybridized carbons (Fsp3) is 0.611. The molecule has 0 amide bonds. The van der Waals surface area contributed by atoms with Crippen LogP contribution in [0.25, 0.3) is 11.0 Å². The number of nitrogens with zero attached hydrogens (tertiary/aromatic N) is 2. The first-order valence-corrected chi connectivity index (χ1v) is 8.60. The Bertz CT molecular complexity index is 640. The number of imidazole rings is 1. The summed E-state index contributed by atoms with van der Waals surface area (Å²) >= 11 is 0. The Kier molecular flexibility index (Phi) is 5.30. The van der Waals surface area contributed by atoms with Crippen molar-refractivity contribution >= 4 is 11.0 Å². The van der Waals surface area contributed by atoms with Gasteiger partial charge in [0, 0.05) is 25.6 Å². The molecule has 126 valence electrons. The summed E-state index contributed by atoms with van der Waals surface area (Å²) in [7, 11) is 0. The predicted octanol–water partition coefficient (Wildman–Crippen LogP) is 2.45. The number of benzene rings is 1. The SMILES string of the molecule is CCOC[C@H](O)CN1CCC[C@@H](c2nc3ccc(C)cc3[nH]2)C1. The molecule has 2 aromatic rings. The Labute approximate surface area is 137 Å². The number of ether oxygens (including phenoxy) is 1. The van der Waals surface area contributed by atoms with Crippen LogP contribution in [0.3, 0.4) is 0 Å². The van der Waals surface area contributed by atoms with Crippen molar-refractivity contribution < 1.29 is 9.84 Å². The van der Waals surface area contributed by atoms with E-state index in [4.69, 9.17) is 9.72 Å². The van der Waals surface area contributed by atoms with Crippen LogP contribution in [0.1, 0.15) is 37.1 Å². The number of aliphatic hydroxyl groups is 1. The van der Waals surface area contributed by atoms with Crippen LogP contribution in [-0.4, -0.2) is 58.9 Å². The molecule has 5 heteroatoms. The first-order chi connectivity index (χ1) is 11.2. The quantitative estimate of drug-likeness (QED) is 0.859. The standard InChI is InChI=1S/C18H27N3O2/c1-3-23-12-15(22)11-21-8-4-5-14(10-21)18-19-16-7-6-13(2)9-17(16)20-18/h6-7,9,14-15,22H,3-5,8,10-12H2,1-2H3,(H,19,20)/t14-,15-/m1/s1. The molecule has 2 atom stereocenters. The lowest BCUT2D eigenvalue weighted by atomic mass is 9.97. The summed E-state index contributed by atoms with van der Waals surface area (Å²) in [6, 6.07) is 6.33. The van der Waals surface area contributed by atoms with E-state index in [1.54, 1.807) is 0 Å². The van der Waals surface area contributed by atoms with Crippen molar-refractivity contribution in [1.82, 2.24) is 14.9 Å². The van der Waals surface area contributed by atoms with Crippen molar-refractivity contribution in [2.45, 2.75) is 38.7 Å². The highest BCUT2D eigenvalue weighted by Crippen LogP contribution is 2.27. The lowest BCUT2D eigenvalue weighted by Gasteiger charge is -2.33. The van der Waals surface area contributed by atoms with Crippen LogP contribution in [0.2, 0.25) is 0 Å². The van der Waals surface area contributed by atoms with Gasteiger partial charge in [0.05, 0.1) is 23.7 Å². The number of hydrogen-bond donors (Lipinski definition) is 2. The van der Waals surface area contributed by atoms with Gasteiger partial charge in [-0.2, -0.15) is 0 Å². The van der Waals surface area contributed by atoms with Gasteiger partial charge < -0.3 is 14.8 Å². The number of aromatic amines is 1. The van der Waals surface area contributed by atoms with E-state index < -0.39 is 6.10 Å². The zero-order chi connectivity index (χ0) is 16.2. The highest BCUT2D eigenvalue weighted by atomic mass is 16.5. The van der Waals surface area contributed by atoms with Crippen molar-refractivity contribution in [2.75, 3.05) is 32.8 Å². The molecule has 1 aromatic carbocycles. The highest BCUT2D eigenvalue weighted by Gasteiger charge is 2.25. The van der Waals surface area contributed by atoms with Gasteiger partial charge in [0.25, 0.3) is 0 Å². The van der Waals surface area contributed by atoms with Gasteiger partial charge in [0.15, 0.2) is 0 Å². The van der Waals surface area contributed by atoms with Crippen LogP contribution in [0.5, 0.6) is 0 Å². The lowest BCUT2D eigenvalue weighted by molar-refractivity contribution is 0.0159. The number of aryl methyl sites for hydroxylation is 1. The molecule has 1 aliphatic rings. The minimum atomic E-state index is -0.410. The number of rotatable bonds is 6. The second kappa shape index (κ2) is 7.43. The third-order valence-corrected chi connectivity index (χ3v) is 4.53. The molecule has 5 nitrogen and oxygen atoms in total. The van der Waals surface area contributed by atoms with Gasteiger partial charge in [-0.15, -0.1) is 0 Å². The molecule has 1 aromatic heterocycles. The van der Waals surface area contributed by atoms with E-state index in [9.17, 15) is 5.11 Å². The molecule has 1 aliphatic heterocycles. The van der Waals surface area contributed by atoms with Gasteiger partial charge in [0.2, 0.25) is 0 Å². The lowest BCUT2D eigenvalue weighted by Crippen LogP contribution is -2.41. The van der Waals surface area contributed by atoms with Gasteiger partial charge in [-0.25, -0.2) is 4.98 Å². The van der Waals surface area contributed by atoms with Crippen molar-refractivity contribution in [3.8, 4) is 0 Å². The predicted molar refractivity (Wildman–Crippen MR) is 91.7 cm³/mol. The zero-order valence-corrected chi connectivity index (χ0v) is 14.1. The number of aliphatic hydroxyl groups excluding tert-OH is 1. The Morgan fingerprint density at radius 1 is 1.48 bits per heavy atom. The van der Waals surface area contributed by atoms with Gasteiger partial charge in [-0.3, -0.25) is 4.90 Å². The van der Waals surface area contributed by atoms with Gasteiger partial charge >= 0.3 is 0 Å². The monoisotopic (exact) mass is 317 g/mol. The molecule has 0 unspecified atom stereocenters. The molecule has 2 N–H and O–H groups in total. The number of β-amino-alcohol motifs (C(OH)–C–C–N with tert-alkyl or cyclic N) is 1. The number of piperidine rings is 1. The topological polar surface area (TPSA) is 61.4 Å². The second-order valence-corrected chi connectivity index (χ2v) is 6.55. The van der Waals surface area contributed by atoms with Crippen LogP contribution in [-0.2, 0) is 4.74 Å². The van der Waals surface area contributed by atoms with Crippen LogP contribution in [0.15, 0.2) is 18.2 Å². The molecule has 0 spiro atoms. The van der Waals surface area contributed by atoms with Gasteiger partial charge in [-0.05, 0) is 50.9 Å². The second-order valence-electron chi connectivity index (χ2n) is 6.55. The van der Waals surface area contributed by atoms with E-state index >= 15 is 0 Å². The van der Waals surface area contributed by atoms with Gasteiger partial charge in [0.1, 0.15) is 5.82 Å². The third kappa shape index (κ3) is 4.10. The highest BCUT2D eigenvalue weighted by molar-refractivity contribution is 5.75. The number of H-pyrrole nitrogens is 1. The summed E-state index contributed by atoms with van der Waals surface area (Å²) in [5.41, 5.74) is 3.41. The van der Waals surface area contributed by atoms with E-state index in [0.29, 0.717) is 25.7 Å². The minimum Gasteiger partial charge on any atom is -0.389 e. The van der Waals surface area contributed by atoms with Gasteiger partial charge in [-0.1, -0.05) is 6.07 Å². The largest absolute Gasteiger partial charge is 0.389 e. The van der Waals surface area contributed by atoms with E-state index in [-0.39, 0.29) is 0 Å². The normalized spacial score (nSPS) is 20.9. The van der Waals surface area contributed by atoms with Crippen LogP contribution < -0.4 is 0 Å². The number of nitrogens with one attached hydrogen (secondary N) is 1. The summed E-state index contributed by atoms with van der Waals surface area (Å²) in [5.74, 6) is 1.49. The summed E-state index contributed by atoms with van der Waals surface area (Å²) in [4.78, 5) is 10.6. The maximum atomic E-state index is 10.0. The molecule has 1 saturated heterocycles. The van der Waals surface area contributed by atoms with E-state index in [1.807, 2.05) is 6.92 Å². The summed E-state index contributed by atoms with van der Waals surface area (Å²) in [5, 5.41) is 10.0. The average molecular weight is 317 g/mol. The Balaban J connectivity index is 1.65. The number of likely N-dealkylation sites (tertiary alicyclic amines) is 1. The molecule has 0 saturated carbocycles. The third-order valence-electron chi connectivity index (χ3n) is 4.53.